The molecule has 4 N–H and O–H groups in total. The fourth-order valence-electron chi connectivity index (χ4n) is 2.37. The van der Waals surface area contributed by atoms with Crippen LogP contribution in [0.1, 0.15) is 10.5 Å². The van der Waals surface area contributed by atoms with E-state index < -0.39 is 48.4 Å². The Balaban J connectivity index is 0.00000363. The molecule has 1 heterocycles. The fraction of sp³-hybridized carbons (Fsp3) is 0. The number of hydrogen-bond acceptors (Lipinski definition) is 9. The Morgan fingerprint density at radius 1 is 0.844 bits per heavy atom. The summed E-state index contributed by atoms with van der Waals surface area (Å²) in [5.41, 5.74) is -1.06. The van der Waals surface area contributed by atoms with Crippen LogP contribution in [-0.4, -0.2) is 81.5 Å². The Morgan fingerprint density at radius 2 is 1.31 bits per heavy atom. The molecule has 0 atom stereocenters. The van der Waals surface area contributed by atoms with Crippen molar-refractivity contribution in [2.24, 2.45) is 10.2 Å². The quantitative estimate of drug-likeness (QED) is 0.221. The van der Waals surface area contributed by atoms with Gasteiger partial charge < -0.3 is 10.2 Å². The second-order valence-electron chi connectivity index (χ2n) is 5.88. The Hall–Kier alpha value is -2.66. The monoisotopic (exact) mass is 492 g/mol. The Morgan fingerprint density at radius 3 is 1.75 bits per heavy atom. The SMILES string of the molecule is O=C(O)c1nn(-c2ccc(S(=O)(=O)O)cc2)c(O)c1/N=N/c1ccc(S(=O)(=O)O)cc1.[NaH]. The summed E-state index contributed by atoms with van der Waals surface area (Å²) in [6.45, 7) is 0. The van der Waals surface area contributed by atoms with E-state index in [9.17, 15) is 31.8 Å². The number of nitrogens with zero attached hydrogens (tertiary/aromatic N) is 4. The van der Waals surface area contributed by atoms with Gasteiger partial charge in [-0.3, -0.25) is 9.11 Å². The summed E-state index contributed by atoms with van der Waals surface area (Å²) in [6.07, 6.45) is 0. The van der Waals surface area contributed by atoms with Gasteiger partial charge in [-0.2, -0.15) is 31.7 Å². The van der Waals surface area contributed by atoms with Gasteiger partial charge in [-0.15, -0.1) is 5.11 Å². The molecule has 0 fully saturated rings. The number of rotatable bonds is 6. The van der Waals surface area contributed by atoms with Crippen LogP contribution in [-0.2, 0) is 20.2 Å². The number of aromatic carboxylic acids is 1. The molecule has 32 heavy (non-hydrogen) atoms. The average molecular weight is 492 g/mol. The molecule has 13 nitrogen and oxygen atoms in total. The molecular formula is C16H13N4NaO9S2. The van der Waals surface area contributed by atoms with Crippen molar-refractivity contribution in [3.8, 4) is 11.6 Å². The van der Waals surface area contributed by atoms with E-state index in [0.717, 1.165) is 41.1 Å². The average Bonchev–Trinajstić information content (AvgIpc) is 3.02. The molecule has 3 aromatic rings. The van der Waals surface area contributed by atoms with E-state index in [1.165, 1.54) is 12.1 Å². The predicted octanol–water partition coefficient (Wildman–Crippen LogP) is 1.54. The van der Waals surface area contributed by atoms with E-state index in [4.69, 9.17) is 9.11 Å². The first-order chi connectivity index (χ1) is 14.4. The first-order valence-electron chi connectivity index (χ1n) is 8.00. The summed E-state index contributed by atoms with van der Waals surface area (Å²) in [4.78, 5) is 10.7. The molecule has 0 radical (unpaired) electrons. The third kappa shape index (κ3) is 5.57. The van der Waals surface area contributed by atoms with Gasteiger partial charge in [0.25, 0.3) is 20.2 Å². The van der Waals surface area contributed by atoms with Gasteiger partial charge in [0.2, 0.25) is 11.6 Å². The molecule has 0 spiro atoms. The second kappa shape index (κ2) is 9.45. The van der Waals surface area contributed by atoms with Crippen molar-refractivity contribution in [2.45, 2.75) is 9.79 Å². The van der Waals surface area contributed by atoms with Crippen LogP contribution < -0.4 is 0 Å². The van der Waals surface area contributed by atoms with Crippen molar-refractivity contribution in [2.75, 3.05) is 0 Å². The molecule has 0 saturated carbocycles. The molecular weight excluding hydrogens is 479 g/mol. The van der Waals surface area contributed by atoms with E-state index >= 15 is 0 Å². The van der Waals surface area contributed by atoms with E-state index in [0.29, 0.717) is 0 Å². The van der Waals surface area contributed by atoms with E-state index in [1.807, 2.05) is 0 Å². The maximum absolute atomic E-state index is 11.5. The van der Waals surface area contributed by atoms with Crippen molar-refractivity contribution < 1.29 is 40.9 Å². The zero-order valence-electron chi connectivity index (χ0n) is 15.1. The number of carboxylic acid groups (broad SMARTS) is 1. The summed E-state index contributed by atoms with van der Waals surface area (Å²) in [5, 5.41) is 30.8. The number of azo groups is 1. The Kier molecular flexibility index (Phi) is 7.56. The zero-order valence-corrected chi connectivity index (χ0v) is 16.7. The van der Waals surface area contributed by atoms with Crippen LogP contribution in [0, 0.1) is 0 Å². The molecule has 0 aliphatic heterocycles. The van der Waals surface area contributed by atoms with Crippen molar-refractivity contribution in [1.29, 1.82) is 0 Å². The zero-order chi connectivity index (χ0) is 23.0. The summed E-state index contributed by atoms with van der Waals surface area (Å²) >= 11 is 0. The minimum absolute atomic E-state index is 0. The van der Waals surface area contributed by atoms with Gasteiger partial charge in [-0.05, 0) is 48.5 Å². The van der Waals surface area contributed by atoms with Gasteiger partial charge in [0.05, 0.1) is 21.2 Å². The van der Waals surface area contributed by atoms with E-state index in [2.05, 4.69) is 15.3 Å². The number of carbonyl (C=O) groups is 1. The van der Waals surface area contributed by atoms with Gasteiger partial charge in [-0.1, -0.05) is 0 Å². The van der Waals surface area contributed by atoms with Crippen LogP contribution >= 0.6 is 0 Å². The molecule has 3 rings (SSSR count). The van der Waals surface area contributed by atoms with Gasteiger partial charge in [0, 0.05) is 0 Å². The predicted molar refractivity (Wildman–Crippen MR) is 110 cm³/mol. The standard InChI is InChI=1S/C16H12N4O9S2.Na.H/c21-15-13(18-17-9-1-5-11(6-2-9)30(24,25)26)14(16(22)23)19-20(15)10-3-7-12(8-4-10)31(27,28)29;;/h1-8,21H,(H,22,23)(H,24,25,26)(H,27,28,29);;/b18-17+;;. The molecule has 16 heteroatoms. The number of aromatic hydroxyl groups is 1. The van der Waals surface area contributed by atoms with Crippen molar-refractivity contribution >= 4 is 67.1 Å². The first-order valence-corrected chi connectivity index (χ1v) is 10.9. The van der Waals surface area contributed by atoms with E-state index in [1.54, 1.807) is 0 Å². The van der Waals surface area contributed by atoms with Crippen LogP contribution in [0.15, 0.2) is 68.6 Å². The summed E-state index contributed by atoms with van der Waals surface area (Å²) < 4.78 is 63.1. The molecule has 0 aliphatic rings. The number of carboxylic acids is 1. The van der Waals surface area contributed by atoms with Crippen LogP contribution in [0.3, 0.4) is 0 Å². The number of hydrogen-bond donors (Lipinski definition) is 4. The molecule has 0 saturated heterocycles. The summed E-state index contributed by atoms with van der Waals surface area (Å²) in [5.74, 6) is -2.27. The van der Waals surface area contributed by atoms with Crippen molar-refractivity contribution in [3.05, 3.63) is 54.2 Å². The van der Waals surface area contributed by atoms with Crippen LogP contribution in [0.4, 0.5) is 11.4 Å². The Bertz CT molecular complexity index is 1400. The fourth-order valence-corrected chi connectivity index (χ4v) is 3.33. The van der Waals surface area contributed by atoms with Crippen LogP contribution in [0.25, 0.3) is 5.69 Å². The first kappa shape index (κ1) is 25.6. The van der Waals surface area contributed by atoms with Crippen molar-refractivity contribution in [3.63, 3.8) is 0 Å². The second-order valence-corrected chi connectivity index (χ2v) is 8.72. The maximum atomic E-state index is 11.5. The molecule has 0 unspecified atom stereocenters. The summed E-state index contributed by atoms with van der Waals surface area (Å²) in [6, 6.07) is 8.82. The molecule has 1 aromatic heterocycles. The number of benzene rings is 2. The van der Waals surface area contributed by atoms with Gasteiger partial charge in [0.15, 0.2) is 5.69 Å². The number of aromatic nitrogens is 2. The third-order valence-corrected chi connectivity index (χ3v) is 5.55. The third-order valence-electron chi connectivity index (χ3n) is 3.82. The normalized spacial score (nSPS) is 11.9. The Labute approximate surface area is 202 Å². The van der Waals surface area contributed by atoms with Crippen LogP contribution in [0.5, 0.6) is 5.88 Å². The van der Waals surface area contributed by atoms with Gasteiger partial charge in [-0.25, -0.2) is 4.79 Å². The van der Waals surface area contributed by atoms with Gasteiger partial charge in [0.1, 0.15) is 0 Å². The van der Waals surface area contributed by atoms with Crippen molar-refractivity contribution in [1.82, 2.24) is 9.78 Å². The summed E-state index contributed by atoms with van der Waals surface area (Å²) in [7, 11) is -8.86. The topological polar surface area (TPSA) is 209 Å². The molecule has 0 amide bonds. The molecule has 0 bridgehead atoms. The van der Waals surface area contributed by atoms with Gasteiger partial charge >= 0.3 is 35.5 Å². The molecule has 164 valence electrons. The van der Waals surface area contributed by atoms with E-state index in [-0.39, 0.29) is 45.8 Å². The molecule has 0 aliphatic carbocycles. The molecule has 2 aromatic carbocycles. The van der Waals surface area contributed by atoms with Crippen LogP contribution in [0.2, 0.25) is 0 Å². The minimum atomic E-state index is -4.45.